The lowest BCUT2D eigenvalue weighted by Gasteiger charge is -2.12. The summed E-state index contributed by atoms with van der Waals surface area (Å²) < 4.78 is 8.08. The smallest absolute Gasteiger partial charge is 0.251 e. The largest absolute Gasteiger partial charge is 0.383 e. The van der Waals surface area contributed by atoms with Crippen LogP contribution in [-0.4, -0.2) is 48.0 Å². The van der Waals surface area contributed by atoms with Crippen molar-refractivity contribution in [3.05, 3.63) is 59.8 Å². The first kappa shape index (κ1) is 20.1. The predicted molar refractivity (Wildman–Crippen MR) is 118 cm³/mol. The van der Waals surface area contributed by atoms with Crippen LogP contribution in [0.4, 0.5) is 0 Å². The summed E-state index contributed by atoms with van der Waals surface area (Å²) in [6.07, 6.45) is 1.98. The zero-order valence-corrected chi connectivity index (χ0v) is 17.7. The summed E-state index contributed by atoms with van der Waals surface area (Å²) in [7, 11) is 3.22. The van der Waals surface area contributed by atoms with Crippen LogP contribution in [0.1, 0.15) is 27.6 Å². The first-order valence-corrected chi connectivity index (χ1v) is 10.4. The van der Waals surface area contributed by atoms with Crippen molar-refractivity contribution in [2.24, 2.45) is 0 Å². The molecule has 7 nitrogen and oxygen atoms in total. The predicted octanol–water partition coefficient (Wildman–Crippen LogP) is 3.34. The zero-order chi connectivity index (χ0) is 21.3. The minimum absolute atomic E-state index is 0.0591. The third kappa shape index (κ3) is 3.79. The number of fused-ring (bicyclic) bond motifs is 3. The van der Waals surface area contributed by atoms with Gasteiger partial charge in [0.15, 0.2) is 4.96 Å². The lowest BCUT2D eigenvalue weighted by atomic mass is 10.1. The fourth-order valence-electron chi connectivity index (χ4n) is 3.32. The van der Waals surface area contributed by atoms with Crippen molar-refractivity contribution in [2.75, 3.05) is 20.8 Å². The Morgan fingerprint density at radius 3 is 2.57 bits per heavy atom. The van der Waals surface area contributed by atoms with E-state index in [0.717, 1.165) is 26.4 Å². The number of hydrogen-bond acceptors (Lipinski definition) is 5. The van der Waals surface area contributed by atoms with Gasteiger partial charge >= 0.3 is 0 Å². The minimum Gasteiger partial charge on any atom is -0.383 e. The first-order chi connectivity index (χ1) is 14.5. The normalized spacial score (nSPS) is 12.2. The Hall–Kier alpha value is -3.23. The lowest BCUT2D eigenvalue weighted by Crippen LogP contribution is -2.35. The molecule has 2 amide bonds. The molecule has 2 aromatic carbocycles. The van der Waals surface area contributed by atoms with E-state index in [-0.39, 0.29) is 17.9 Å². The van der Waals surface area contributed by atoms with Crippen LogP contribution >= 0.6 is 11.3 Å². The summed E-state index contributed by atoms with van der Waals surface area (Å²) in [6, 6.07) is 12.9. The van der Waals surface area contributed by atoms with E-state index in [0.29, 0.717) is 17.7 Å². The maximum absolute atomic E-state index is 12.5. The van der Waals surface area contributed by atoms with E-state index >= 15 is 0 Å². The number of ether oxygens (including phenoxy) is 1. The summed E-state index contributed by atoms with van der Waals surface area (Å²) in [5, 5.41) is 5.54. The van der Waals surface area contributed by atoms with E-state index in [2.05, 4.69) is 10.6 Å². The SMILES string of the molecule is CNC(=O)c1ccc(-c2cn3c(n2)sc2cc(C(=O)N[C@@H](C)COC)ccc23)cc1. The third-order valence-electron chi connectivity index (χ3n) is 4.82. The zero-order valence-electron chi connectivity index (χ0n) is 16.9. The summed E-state index contributed by atoms with van der Waals surface area (Å²) in [5.74, 6) is -0.237. The number of aromatic nitrogens is 2. The van der Waals surface area contributed by atoms with Crippen LogP contribution in [-0.2, 0) is 4.74 Å². The standard InChI is InChI=1S/C22H22N4O3S/c1-13(12-29-3)24-21(28)16-8-9-18-19(10-16)30-22-25-17(11-26(18)22)14-4-6-15(7-5-14)20(27)23-2/h4-11,13H,12H2,1-3H3,(H,23,27)(H,24,28)/t13-/m0/s1. The number of thiazole rings is 1. The Labute approximate surface area is 177 Å². The summed E-state index contributed by atoms with van der Waals surface area (Å²) in [5.41, 5.74) is 3.99. The number of methoxy groups -OCH3 is 1. The van der Waals surface area contributed by atoms with Crippen LogP contribution in [0, 0.1) is 0 Å². The number of rotatable bonds is 6. The molecule has 1 atom stereocenters. The quantitative estimate of drug-likeness (QED) is 0.499. The van der Waals surface area contributed by atoms with Crippen LogP contribution in [0.5, 0.6) is 0 Å². The molecule has 0 aliphatic heterocycles. The van der Waals surface area contributed by atoms with E-state index in [1.54, 1.807) is 26.3 Å². The average molecular weight is 423 g/mol. The molecular formula is C22H22N4O3S. The molecule has 0 fully saturated rings. The molecule has 4 rings (SSSR count). The fraction of sp³-hybridized carbons (Fsp3) is 0.227. The van der Waals surface area contributed by atoms with Crippen molar-refractivity contribution in [3.63, 3.8) is 0 Å². The van der Waals surface area contributed by atoms with Crippen LogP contribution < -0.4 is 10.6 Å². The minimum atomic E-state index is -0.121. The summed E-state index contributed by atoms with van der Waals surface area (Å²) in [6.45, 7) is 2.37. The molecular weight excluding hydrogens is 400 g/mol. The van der Waals surface area contributed by atoms with Crippen LogP contribution in [0.25, 0.3) is 26.4 Å². The number of hydrogen-bond donors (Lipinski definition) is 2. The first-order valence-electron chi connectivity index (χ1n) is 9.54. The Bertz CT molecular complexity index is 1230. The van der Waals surface area contributed by atoms with E-state index in [1.807, 2.05) is 47.9 Å². The average Bonchev–Trinajstić information content (AvgIpc) is 3.31. The van der Waals surface area contributed by atoms with Crippen molar-refractivity contribution in [1.82, 2.24) is 20.0 Å². The van der Waals surface area contributed by atoms with Gasteiger partial charge < -0.3 is 15.4 Å². The molecule has 0 bridgehead atoms. The highest BCUT2D eigenvalue weighted by Crippen LogP contribution is 2.30. The van der Waals surface area contributed by atoms with Gasteiger partial charge in [-0.2, -0.15) is 0 Å². The second-order valence-electron chi connectivity index (χ2n) is 7.05. The Morgan fingerprint density at radius 1 is 1.13 bits per heavy atom. The molecule has 154 valence electrons. The van der Waals surface area contributed by atoms with Crippen molar-refractivity contribution in [2.45, 2.75) is 13.0 Å². The van der Waals surface area contributed by atoms with E-state index in [1.165, 1.54) is 11.3 Å². The summed E-state index contributed by atoms with van der Waals surface area (Å²) in [4.78, 5) is 29.7. The van der Waals surface area contributed by atoms with Gasteiger partial charge in [-0.1, -0.05) is 23.5 Å². The van der Waals surface area contributed by atoms with Gasteiger partial charge in [-0.15, -0.1) is 0 Å². The third-order valence-corrected chi connectivity index (χ3v) is 5.84. The Morgan fingerprint density at radius 2 is 1.87 bits per heavy atom. The molecule has 0 unspecified atom stereocenters. The number of carbonyl (C=O) groups is 2. The number of amides is 2. The van der Waals surface area contributed by atoms with Gasteiger partial charge in [-0.3, -0.25) is 14.0 Å². The van der Waals surface area contributed by atoms with Gasteiger partial charge in [0.05, 0.1) is 22.5 Å². The van der Waals surface area contributed by atoms with Gasteiger partial charge in [0.1, 0.15) is 0 Å². The maximum atomic E-state index is 12.5. The van der Waals surface area contributed by atoms with Crippen LogP contribution in [0.3, 0.4) is 0 Å². The molecule has 4 aromatic rings. The van der Waals surface area contributed by atoms with Gasteiger partial charge in [0.25, 0.3) is 11.8 Å². The second kappa shape index (κ2) is 8.25. The molecule has 30 heavy (non-hydrogen) atoms. The van der Waals surface area contributed by atoms with Crippen LogP contribution in [0.15, 0.2) is 48.7 Å². The van der Waals surface area contributed by atoms with E-state index < -0.39 is 0 Å². The number of nitrogens with one attached hydrogen (secondary N) is 2. The molecule has 0 aliphatic carbocycles. The maximum Gasteiger partial charge on any atom is 0.251 e. The number of benzene rings is 2. The van der Waals surface area contributed by atoms with Gasteiger partial charge in [0, 0.05) is 43.1 Å². The van der Waals surface area contributed by atoms with Crippen molar-refractivity contribution in [1.29, 1.82) is 0 Å². The van der Waals surface area contributed by atoms with Gasteiger partial charge in [-0.25, -0.2) is 4.98 Å². The Balaban J connectivity index is 1.61. The lowest BCUT2D eigenvalue weighted by molar-refractivity contribution is 0.0904. The van der Waals surface area contributed by atoms with Gasteiger partial charge in [0.2, 0.25) is 0 Å². The molecule has 0 aliphatic rings. The molecule has 0 radical (unpaired) electrons. The highest BCUT2D eigenvalue weighted by molar-refractivity contribution is 7.23. The van der Waals surface area contributed by atoms with Crippen molar-refractivity contribution < 1.29 is 14.3 Å². The second-order valence-corrected chi connectivity index (χ2v) is 8.06. The number of nitrogens with zero attached hydrogens (tertiary/aromatic N) is 2. The molecule has 8 heteroatoms. The number of imidazole rings is 1. The highest BCUT2D eigenvalue weighted by Gasteiger charge is 2.14. The molecule has 0 saturated heterocycles. The number of carbonyl (C=O) groups excluding carboxylic acids is 2. The monoisotopic (exact) mass is 422 g/mol. The summed E-state index contributed by atoms with van der Waals surface area (Å²) >= 11 is 1.53. The fourth-order valence-corrected chi connectivity index (χ4v) is 4.36. The van der Waals surface area contributed by atoms with E-state index in [9.17, 15) is 9.59 Å². The topological polar surface area (TPSA) is 84.7 Å². The Kier molecular flexibility index (Phi) is 5.52. The molecule has 2 aromatic heterocycles. The molecule has 0 saturated carbocycles. The molecule has 2 heterocycles. The van der Waals surface area contributed by atoms with E-state index in [4.69, 9.17) is 9.72 Å². The van der Waals surface area contributed by atoms with Crippen LogP contribution in [0.2, 0.25) is 0 Å². The van der Waals surface area contributed by atoms with Crippen molar-refractivity contribution >= 4 is 38.3 Å². The molecule has 0 spiro atoms. The molecule has 2 N–H and O–H groups in total. The van der Waals surface area contributed by atoms with Crippen molar-refractivity contribution in [3.8, 4) is 11.3 Å². The highest BCUT2D eigenvalue weighted by atomic mass is 32.1. The van der Waals surface area contributed by atoms with Gasteiger partial charge in [-0.05, 0) is 37.3 Å².